The molecule has 160 valence electrons. The number of amides is 2. The summed E-state index contributed by atoms with van der Waals surface area (Å²) in [5.41, 5.74) is 5.86. The van der Waals surface area contributed by atoms with Gasteiger partial charge in [-0.1, -0.05) is 19.9 Å². The Morgan fingerprint density at radius 1 is 1.27 bits per heavy atom. The second kappa shape index (κ2) is 7.09. The van der Waals surface area contributed by atoms with Crippen LogP contribution in [-0.4, -0.2) is 26.1 Å². The number of carbonyl (C=O) groups excluding carboxylic acids is 1. The van der Waals surface area contributed by atoms with Gasteiger partial charge >= 0.3 is 6.03 Å². The first-order valence-electron chi connectivity index (χ1n) is 10.6. The number of rotatable bonds is 3. The van der Waals surface area contributed by atoms with E-state index in [1.54, 1.807) is 4.68 Å². The molecule has 3 aliphatic rings. The molecule has 2 amide bonds. The quantitative estimate of drug-likeness (QED) is 0.780. The van der Waals surface area contributed by atoms with E-state index < -0.39 is 15.9 Å². The topological polar surface area (TPSA) is 112 Å². The molecule has 0 fully saturated rings. The minimum absolute atomic E-state index is 0.0639. The van der Waals surface area contributed by atoms with Crippen molar-refractivity contribution in [3.8, 4) is 5.88 Å². The number of hydrogen-bond acceptors (Lipinski definition) is 4. The van der Waals surface area contributed by atoms with Crippen LogP contribution in [0.15, 0.2) is 21.5 Å². The Hall–Kier alpha value is -2.39. The summed E-state index contributed by atoms with van der Waals surface area (Å²) in [6, 6.07) is 1.61. The highest BCUT2D eigenvalue weighted by Gasteiger charge is 2.32. The number of urea groups is 1. The van der Waals surface area contributed by atoms with Gasteiger partial charge in [0, 0.05) is 5.69 Å². The predicted molar refractivity (Wildman–Crippen MR) is 114 cm³/mol. The van der Waals surface area contributed by atoms with E-state index >= 15 is 0 Å². The van der Waals surface area contributed by atoms with Crippen LogP contribution in [0.1, 0.15) is 48.9 Å². The summed E-state index contributed by atoms with van der Waals surface area (Å²) in [5.74, 6) is 0.620. The van der Waals surface area contributed by atoms with E-state index in [0.29, 0.717) is 12.4 Å². The van der Waals surface area contributed by atoms with Crippen molar-refractivity contribution in [3.63, 3.8) is 0 Å². The van der Waals surface area contributed by atoms with Gasteiger partial charge in [-0.25, -0.2) is 18.8 Å². The Morgan fingerprint density at radius 3 is 2.57 bits per heavy atom. The van der Waals surface area contributed by atoms with Crippen LogP contribution >= 0.6 is 0 Å². The maximum absolute atomic E-state index is 13.2. The molecular formula is C21H27N5O3S. The molecule has 1 aromatic heterocycles. The van der Waals surface area contributed by atoms with Crippen molar-refractivity contribution in [1.29, 1.82) is 0 Å². The van der Waals surface area contributed by atoms with E-state index in [1.807, 2.05) is 13.8 Å². The SMILES string of the molecule is CC(C)C1Cn2ncc(S(N)(=O)=NC(=O)Nc3c4c(cc5c3CCC5)CCC4)c2O1. The largest absolute Gasteiger partial charge is 0.471 e. The Bertz CT molecular complexity index is 1130. The van der Waals surface area contributed by atoms with Gasteiger partial charge in [-0.2, -0.15) is 5.10 Å². The molecule has 0 radical (unpaired) electrons. The van der Waals surface area contributed by atoms with Crippen molar-refractivity contribution in [2.45, 2.75) is 69.9 Å². The molecule has 1 aromatic carbocycles. The normalized spacial score (nSPS) is 21.0. The van der Waals surface area contributed by atoms with E-state index in [0.717, 1.165) is 44.2 Å². The van der Waals surface area contributed by atoms with Crippen LogP contribution < -0.4 is 15.2 Å². The maximum Gasteiger partial charge on any atom is 0.354 e. The molecule has 0 saturated carbocycles. The number of ether oxygens (including phenoxy) is 1. The van der Waals surface area contributed by atoms with Gasteiger partial charge in [0.05, 0.1) is 12.7 Å². The highest BCUT2D eigenvalue weighted by Crippen LogP contribution is 2.39. The van der Waals surface area contributed by atoms with Crippen LogP contribution in [0.2, 0.25) is 0 Å². The molecule has 2 atom stereocenters. The van der Waals surface area contributed by atoms with Gasteiger partial charge in [-0.3, -0.25) is 0 Å². The second-order valence-electron chi connectivity index (χ2n) is 8.72. The van der Waals surface area contributed by atoms with E-state index in [1.165, 1.54) is 28.5 Å². The second-order valence-corrected chi connectivity index (χ2v) is 10.5. The first-order valence-corrected chi connectivity index (χ1v) is 12.2. The van der Waals surface area contributed by atoms with Gasteiger partial charge in [0.1, 0.15) is 11.0 Å². The third-order valence-corrected chi connectivity index (χ3v) is 7.70. The van der Waals surface area contributed by atoms with E-state index in [-0.39, 0.29) is 16.9 Å². The number of nitrogens with zero attached hydrogens (tertiary/aromatic N) is 3. The molecule has 30 heavy (non-hydrogen) atoms. The standard InChI is InChI=1S/C21H27N5O3S/c1-12(2)17-11-26-20(29-17)18(10-23-26)30(22,28)25-21(27)24-19-15-7-3-5-13(15)9-14-6-4-8-16(14)19/h9-10,12,17H,3-8,11H2,1-2H3,(H3,22,24,25,27,28). The first-order chi connectivity index (χ1) is 14.3. The number of benzene rings is 1. The van der Waals surface area contributed by atoms with Gasteiger partial charge in [0.15, 0.2) is 9.92 Å². The molecule has 0 saturated heterocycles. The van der Waals surface area contributed by atoms with Crippen LogP contribution in [-0.2, 0) is 42.1 Å². The Kier molecular flexibility index (Phi) is 4.62. The molecule has 2 unspecified atom stereocenters. The molecule has 8 nitrogen and oxygen atoms in total. The summed E-state index contributed by atoms with van der Waals surface area (Å²) in [6.45, 7) is 4.66. The van der Waals surface area contributed by atoms with Gasteiger partial charge in [0.2, 0.25) is 5.88 Å². The first kappa shape index (κ1) is 19.6. The summed E-state index contributed by atoms with van der Waals surface area (Å²) < 4.78 is 24.6. The molecule has 1 aliphatic heterocycles. The van der Waals surface area contributed by atoms with Crippen molar-refractivity contribution in [3.05, 3.63) is 34.5 Å². The highest BCUT2D eigenvalue weighted by atomic mass is 32.2. The smallest absolute Gasteiger partial charge is 0.354 e. The van der Waals surface area contributed by atoms with Crippen LogP contribution in [0.3, 0.4) is 0 Å². The number of carbonyl (C=O) groups is 1. The van der Waals surface area contributed by atoms with Crippen molar-refractivity contribution >= 4 is 21.6 Å². The molecule has 3 N–H and O–H groups in total. The van der Waals surface area contributed by atoms with Crippen molar-refractivity contribution in [2.75, 3.05) is 5.32 Å². The van der Waals surface area contributed by atoms with Crippen molar-refractivity contribution < 1.29 is 13.7 Å². The van der Waals surface area contributed by atoms with Crippen molar-refractivity contribution in [2.24, 2.45) is 15.4 Å². The number of hydrogen-bond donors (Lipinski definition) is 2. The van der Waals surface area contributed by atoms with E-state index in [2.05, 4.69) is 20.8 Å². The van der Waals surface area contributed by atoms with E-state index in [4.69, 9.17) is 9.88 Å². The molecule has 2 heterocycles. The lowest BCUT2D eigenvalue weighted by atomic mass is 9.99. The lowest BCUT2D eigenvalue weighted by Gasteiger charge is -2.15. The van der Waals surface area contributed by atoms with Crippen LogP contribution in [0, 0.1) is 5.92 Å². The third-order valence-electron chi connectivity index (χ3n) is 6.36. The zero-order valence-electron chi connectivity index (χ0n) is 17.3. The third kappa shape index (κ3) is 3.20. The maximum atomic E-state index is 13.2. The average Bonchev–Trinajstić information content (AvgIpc) is 3.43. The number of anilines is 1. The van der Waals surface area contributed by atoms with Gasteiger partial charge < -0.3 is 10.1 Å². The number of nitrogens with one attached hydrogen (secondary N) is 1. The predicted octanol–water partition coefficient (Wildman–Crippen LogP) is 3.21. The minimum Gasteiger partial charge on any atom is -0.471 e. The number of aromatic nitrogens is 2. The summed E-state index contributed by atoms with van der Waals surface area (Å²) in [4.78, 5) is 13.0. The highest BCUT2D eigenvalue weighted by molar-refractivity contribution is 7.91. The summed E-state index contributed by atoms with van der Waals surface area (Å²) in [6.07, 6.45) is 7.45. The monoisotopic (exact) mass is 429 g/mol. The zero-order chi connectivity index (χ0) is 21.0. The van der Waals surface area contributed by atoms with Gasteiger partial charge in [-0.05, 0) is 66.7 Å². The van der Waals surface area contributed by atoms with Crippen molar-refractivity contribution in [1.82, 2.24) is 9.78 Å². The molecular weight excluding hydrogens is 402 g/mol. The van der Waals surface area contributed by atoms with Gasteiger partial charge in [-0.15, -0.1) is 4.36 Å². The molecule has 5 rings (SSSR count). The lowest BCUT2D eigenvalue weighted by Crippen LogP contribution is -2.22. The number of fused-ring (bicyclic) bond motifs is 3. The Labute approximate surface area is 176 Å². The molecule has 0 spiro atoms. The van der Waals surface area contributed by atoms with Crippen LogP contribution in [0.25, 0.3) is 0 Å². The summed E-state index contributed by atoms with van der Waals surface area (Å²) in [7, 11) is -3.48. The minimum atomic E-state index is -3.48. The fourth-order valence-electron chi connectivity index (χ4n) is 4.77. The summed E-state index contributed by atoms with van der Waals surface area (Å²) >= 11 is 0. The fraction of sp³-hybridized carbons (Fsp3) is 0.524. The number of aryl methyl sites for hydroxylation is 2. The van der Waals surface area contributed by atoms with Crippen LogP contribution in [0.5, 0.6) is 5.88 Å². The van der Waals surface area contributed by atoms with Crippen LogP contribution in [0.4, 0.5) is 10.5 Å². The van der Waals surface area contributed by atoms with E-state index in [9.17, 15) is 9.00 Å². The molecule has 2 aromatic rings. The Balaban J connectivity index is 1.45. The number of nitrogens with two attached hydrogens (primary N) is 1. The van der Waals surface area contributed by atoms with Gasteiger partial charge in [0.25, 0.3) is 0 Å². The molecule has 2 aliphatic carbocycles. The zero-order valence-corrected chi connectivity index (χ0v) is 18.1. The molecule has 9 heteroatoms. The lowest BCUT2D eigenvalue weighted by molar-refractivity contribution is 0.173. The Morgan fingerprint density at radius 2 is 1.93 bits per heavy atom. The summed E-state index contributed by atoms with van der Waals surface area (Å²) in [5, 5.41) is 13.2. The average molecular weight is 430 g/mol. The fourth-order valence-corrected chi connectivity index (χ4v) is 5.77. The molecule has 0 bridgehead atoms.